The number of hydrogen-bond acceptors (Lipinski definition) is 6. The van der Waals surface area contributed by atoms with Gasteiger partial charge in [-0.2, -0.15) is 15.4 Å². The van der Waals surface area contributed by atoms with E-state index in [9.17, 15) is 4.79 Å². The lowest BCUT2D eigenvalue weighted by atomic mass is 9.92. The Labute approximate surface area is 168 Å². The zero-order valence-electron chi connectivity index (χ0n) is 16.1. The zero-order chi connectivity index (χ0) is 19.7. The van der Waals surface area contributed by atoms with Crippen molar-refractivity contribution in [2.75, 3.05) is 18.0 Å². The van der Waals surface area contributed by atoms with Crippen LogP contribution in [0.25, 0.3) is 0 Å². The number of carbonyl (C=O) groups is 1. The monoisotopic (exact) mass is 389 g/mol. The van der Waals surface area contributed by atoms with E-state index >= 15 is 0 Å². The van der Waals surface area contributed by atoms with Gasteiger partial charge in [0.2, 0.25) is 0 Å². The summed E-state index contributed by atoms with van der Waals surface area (Å²) in [5, 5.41) is 13.1. The molecular weight excluding hydrogens is 366 g/mol. The Hall–Kier alpha value is -3.29. The zero-order valence-corrected chi connectivity index (χ0v) is 16.1. The van der Waals surface area contributed by atoms with Crippen molar-refractivity contribution in [1.82, 2.24) is 30.7 Å². The summed E-state index contributed by atoms with van der Waals surface area (Å²) >= 11 is 0. The Balaban J connectivity index is 1.18. The van der Waals surface area contributed by atoms with E-state index < -0.39 is 0 Å². The number of benzene rings is 1. The summed E-state index contributed by atoms with van der Waals surface area (Å²) in [4.78, 5) is 23.8. The highest BCUT2D eigenvalue weighted by molar-refractivity contribution is 5.92. The molecule has 148 valence electrons. The molecule has 3 heterocycles. The molecule has 1 aliphatic heterocycles. The molecule has 0 bridgehead atoms. The van der Waals surface area contributed by atoms with Crippen molar-refractivity contribution >= 4 is 11.7 Å². The number of aromatic nitrogens is 5. The van der Waals surface area contributed by atoms with Crippen molar-refractivity contribution in [3.63, 3.8) is 0 Å². The summed E-state index contributed by atoms with van der Waals surface area (Å²) in [6.45, 7) is 1.89. The lowest BCUT2D eigenvalue weighted by Gasteiger charge is -2.33. The maximum absolute atomic E-state index is 12.2. The molecule has 1 unspecified atom stereocenters. The smallest absolute Gasteiger partial charge is 0.273 e. The van der Waals surface area contributed by atoms with E-state index in [-0.39, 0.29) is 17.4 Å². The first-order chi connectivity index (χ1) is 14.2. The number of amides is 1. The standard InChI is InChI=1S/C21H23N7O/c29-20(16-14-23-27-26-16)24-17-13-21(17)7-10-28(11-8-21)19-6-9-22-18(25-19)12-15-4-2-1-3-5-15/h1-6,9,14,17H,7-8,10-13H2,(H,24,29)(H,23,26,27). The van der Waals surface area contributed by atoms with E-state index in [0.717, 1.165) is 50.4 Å². The van der Waals surface area contributed by atoms with Crippen molar-refractivity contribution in [2.45, 2.75) is 31.7 Å². The molecule has 1 saturated heterocycles. The van der Waals surface area contributed by atoms with Gasteiger partial charge in [0.15, 0.2) is 5.69 Å². The fraction of sp³-hybridized carbons (Fsp3) is 0.381. The highest BCUT2D eigenvalue weighted by Gasteiger charge is 2.55. The van der Waals surface area contributed by atoms with Gasteiger partial charge in [-0.05, 0) is 36.3 Å². The number of hydrogen-bond donors (Lipinski definition) is 2. The molecule has 8 heteroatoms. The second-order valence-electron chi connectivity index (χ2n) is 7.93. The molecule has 29 heavy (non-hydrogen) atoms. The molecule has 2 N–H and O–H groups in total. The molecular formula is C21H23N7O. The Morgan fingerprint density at radius 1 is 1.21 bits per heavy atom. The Morgan fingerprint density at radius 3 is 2.79 bits per heavy atom. The third kappa shape index (κ3) is 3.70. The molecule has 1 aliphatic carbocycles. The predicted molar refractivity (Wildman–Crippen MR) is 107 cm³/mol. The van der Waals surface area contributed by atoms with Gasteiger partial charge in [0, 0.05) is 31.7 Å². The highest BCUT2D eigenvalue weighted by Crippen LogP contribution is 2.54. The number of anilines is 1. The lowest BCUT2D eigenvalue weighted by Crippen LogP contribution is -2.39. The number of aromatic amines is 1. The molecule has 1 atom stereocenters. The van der Waals surface area contributed by atoms with Crippen LogP contribution >= 0.6 is 0 Å². The number of carbonyl (C=O) groups excluding carboxylic acids is 1. The van der Waals surface area contributed by atoms with E-state index in [1.165, 1.54) is 11.8 Å². The molecule has 0 radical (unpaired) electrons. The first-order valence-electron chi connectivity index (χ1n) is 9.99. The maximum atomic E-state index is 12.2. The van der Waals surface area contributed by atoms with Gasteiger partial charge >= 0.3 is 0 Å². The quantitative estimate of drug-likeness (QED) is 0.692. The van der Waals surface area contributed by atoms with Crippen LogP contribution in [0.15, 0.2) is 48.8 Å². The molecule has 1 saturated carbocycles. The van der Waals surface area contributed by atoms with Crippen molar-refractivity contribution in [3.8, 4) is 0 Å². The largest absolute Gasteiger partial charge is 0.356 e. The van der Waals surface area contributed by atoms with Crippen LogP contribution < -0.4 is 10.2 Å². The molecule has 2 aromatic heterocycles. The average molecular weight is 389 g/mol. The summed E-state index contributed by atoms with van der Waals surface area (Å²) in [6, 6.07) is 12.5. The average Bonchev–Trinajstić information content (AvgIpc) is 3.16. The van der Waals surface area contributed by atoms with Crippen LogP contribution in [0.5, 0.6) is 0 Å². The Kier molecular flexibility index (Phi) is 4.46. The van der Waals surface area contributed by atoms with Crippen LogP contribution in [-0.4, -0.2) is 50.4 Å². The third-order valence-corrected chi connectivity index (χ3v) is 6.12. The van der Waals surface area contributed by atoms with Crippen LogP contribution in [0.1, 0.15) is 41.1 Å². The molecule has 1 aromatic carbocycles. The lowest BCUT2D eigenvalue weighted by molar-refractivity contribution is 0.0938. The highest BCUT2D eigenvalue weighted by atomic mass is 16.2. The van der Waals surface area contributed by atoms with Crippen LogP contribution in [0, 0.1) is 5.41 Å². The fourth-order valence-electron chi connectivity index (χ4n) is 4.26. The summed E-state index contributed by atoms with van der Waals surface area (Å²) < 4.78 is 0. The van der Waals surface area contributed by atoms with Gasteiger partial charge in [-0.1, -0.05) is 30.3 Å². The minimum Gasteiger partial charge on any atom is -0.356 e. The van der Waals surface area contributed by atoms with Crippen molar-refractivity contribution in [3.05, 3.63) is 65.9 Å². The molecule has 1 spiro atoms. The maximum Gasteiger partial charge on any atom is 0.273 e. The van der Waals surface area contributed by atoms with Gasteiger partial charge < -0.3 is 10.2 Å². The predicted octanol–water partition coefficient (Wildman–Crippen LogP) is 1.97. The van der Waals surface area contributed by atoms with Gasteiger partial charge in [-0.15, -0.1) is 0 Å². The summed E-state index contributed by atoms with van der Waals surface area (Å²) in [5.74, 6) is 1.69. The SMILES string of the molecule is O=C(NC1CC12CCN(c1ccnc(Cc3ccccc3)n1)CC2)c1cn[nH]n1. The molecule has 2 fully saturated rings. The Morgan fingerprint density at radius 2 is 2.03 bits per heavy atom. The summed E-state index contributed by atoms with van der Waals surface area (Å²) in [5.41, 5.74) is 1.78. The van der Waals surface area contributed by atoms with Crippen molar-refractivity contribution < 1.29 is 4.79 Å². The third-order valence-electron chi connectivity index (χ3n) is 6.12. The van der Waals surface area contributed by atoms with Gasteiger partial charge in [0.25, 0.3) is 5.91 Å². The van der Waals surface area contributed by atoms with Crippen LogP contribution in [-0.2, 0) is 6.42 Å². The van der Waals surface area contributed by atoms with Gasteiger partial charge in [0.1, 0.15) is 11.6 Å². The first-order valence-corrected chi connectivity index (χ1v) is 9.99. The van der Waals surface area contributed by atoms with E-state index in [2.05, 4.69) is 42.7 Å². The number of nitrogens with zero attached hydrogens (tertiary/aromatic N) is 5. The molecule has 3 aromatic rings. The van der Waals surface area contributed by atoms with Crippen LogP contribution in [0.4, 0.5) is 5.82 Å². The van der Waals surface area contributed by atoms with Gasteiger partial charge in [-0.25, -0.2) is 9.97 Å². The minimum absolute atomic E-state index is 0.149. The second kappa shape index (κ2) is 7.27. The topological polar surface area (TPSA) is 99.7 Å². The van der Waals surface area contributed by atoms with E-state index in [1.807, 2.05) is 30.5 Å². The van der Waals surface area contributed by atoms with Crippen molar-refractivity contribution in [2.24, 2.45) is 5.41 Å². The van der Waals surface area contributed by atoms with Crippen LogP contribution in [0.3, 0.4) is 0 Å². The number of H-pyrrole nitrogens is 1. The minimum atomic E-state index is -0.149. The summed E-state index contributed by atoms with van der Waals surface area (Å²) in [6.07, 6.45) is 7.18. The number of nitrogens with one attached hydrogen (secondary N) is 2. The Bertz CT molecular complexity index is 981. The van der Waals surface area contributed by atoms with Crippen molar-refractivity contribution in [1.29, 1.82) is 0 Å². The molecule has 1 amide bonds. The molecule has 5 rings (SSSR count). The van der Waals surface area contributed by atoms with E-state index in [1.54, 1.807) is 0 Å². The first kappa shape index (κ1) is 17.8. The molecule has 2 aliphatic rings. The van der Waals surface area contributed by atoms with E-state index in [0.29, 0.717) is 5.69 Å². The number of rotatable bonds is 5. The summed E-state index contributed by atoms with van der Waals surface area (Å²) in [7, 11) is 0. The molecule has 8 nitrogen and oxygen atoms in total. The van der Waals surface area contributed by atoms with Gasteiger partial charge in [-0.3, -0.25) is 4.79 Å². The van der Waals surface area contributed by atoms with Crippen LogP contribution in [0.2, 0.25) is 0 Å². The van der Waals surface area contributed by atoms with E-state index in [4.69, 9.17) is 4.98 Å². The normalized spacial score (nSPS) is 19.9. The van der Waals surface area contributed by atoms with Gasteiger partial charge in [0.05, 0.1) is 6.20 Å². The number of piperidine rings is 1. The fourth-order valence-corrected chi connectivity index (χ4v) is 4.26. The second-order valence-corrected chi connectivity index (χ2v) is 7.93.